The van der Waals surface area contributed by atoms with Crippen LogP contribution in [0.1, 0.15) is 17.3 Å². The predicted octanol–water partition coefficient (Wildman–Crippen LogP) is 3.81. The van der Waals surface area contributed by atoms with Crippen molar-refractivity contribution in [3.8, 4) is 0 Å². The summed E-state index contributed by atoms with van der Waals surface area (Å²) in [6, 6.07) is 3.31. The Labute approximate surface area is 133 Å². The highest BCUT2D eigenvalue weighted by Crippen LogP contribution is 2.31. The number of carbonyl (C=O) groups is 2. The summed E-state index contributed by atoms with van der Waals surface area (Å²) in [6.07, 6.45) is 0. The first-order valence-electron chi connectivity index (χ1n) is 5.34. The number of methoxy groups -OCH3 is 1. The third-order valence-corrected chi connectivity index (χ3v) is 3.93. The summed E-state index contributed by atoms with van der Waals surface area (Å²) in [7, 11) is 1.28. The molecule has 0 aromatic heterocycles. The highest BCUT2D eigenvalue weighted by atomic mass is 79.9. The van der Waals surface area contributed by atoms with Crippen molar-refractivity contribution in [2.45, 2.75) is 6.92 Å². The minimum atomic E-state index is -0.532. The third kappa shape index (κ3) is 4.19. The number of rotatable bonds is 4. The topological polar surface area (TPSA) is 55.4 Å². The number of benzene rings is 1. The van der Waals surface area contributed by atoms with E-state index in [4.69, 9.17) is 16.3 Å². The second kappa shape index (κ2) is 7.26. The van der Waals surface area contributed by atoms with E-state index >= 15 is 0 Å². The van der Waals surface area contributed by atoms with Crippen molar-refractivity contribution in [1.29, 1.82) is 0 Å². The summed E-state index contributed by atoms with van der Waals surface area (Å²) in [5.74, 6) is -0.949. The summed E-state index contributed by atoms with van der Waals surface area (Å²) in [6.45, 7) is 1.70. The van der Waals surface area contributed by atoms with E-state index in [2.05, 4.69) is 37.2 Å². The van der Waals surface area contributed by atoms with Gasteiger partial charge in [0.25, 0.3) is 0 Å². The SMILES string of the molecule is COC(=O)c1cc(Br)cc(Br)c1NC(=O)C(C)CCl. The van der Waals surface area contributed by atoms with E-state index in [0.29, 0.717) is 14.6 Å². The van der Waals surface area contributed by atoms with Crippen LogP contribution in [0.25, 0.3) is 0 Å². The lowest BCUT2D eigenvalue weighted by Gasteiger charge is -2.14. The molecular formula is C12H12Br2ClNO3. The molecule has 1 rings (SSSR count). The van der Waals surface area contributed by atoms with E-state index in [1.54, 1.807) is 19.1 Å². The Morgan fingerprint density at radius 3 is 2.58 bits per heavy atom. The van der Waals surface area contributed by atoms with Gasteiger partial charge in [0, 0.05) is 20.7 Å². The van der Waals surface area contributed by atoms with Gasteiger partial charge in [0.2, 0.25) is 5.91 Å². The maximum absolute atomic E-state index is 11.9. The summed E-state index contributed by atoms with van der Waals surface area (Å²) in [4.78, 5) is 23.6. The number of halogens is 3. The second-order valence-corrected chi connectivity index (χ2v) is 5.92. The summed E-state index contributed by atoms with van der Waals surface area (Å²) in [5, 5.41) is 2.68. The van der Waals surface area contributed by atoms with Crippen LogP contribution in [0.2, 0.25) is 0 Å². The molecule has 0 bridgehead atoms. The van der Waals surface area contributed by atoms with E-state index in [0.717, 1.165) is 0 Å². The number of alkyl halides is 1. The molecule has 1 unspecified atom stereocenters. The highest BCUT2D eigenvalue weighted by molar-refractivity contribution is 9.11. The lowest BCUT2D eigenvalue weighted by Crippen LogP contribution is -2.23. The van der Waals surface area contributed by atoms with E-state index in [1.807, 2.05) is 0 Å². The van der Waals surface area contributed by atoms with Crippen molar-refractivity contribution < 1.29 is 14.3 Å². The van der Waals surface area contributed by atoms with Crippen LogP contribution >= 0.6 is 43.5 Å². The monoisotopic (exact) mass is 411 g/mol. The fourth-order valence-corrected chi connectivity index (χ4v) is 2.75. The minimum Gasteiger partial charge on any atom is -0.465 e. The van der Waals surface area contributed by atoms with Gasteiger partial charge in [-0.05, 0) is 28.1 Å². The van der Waals surface area contributed by atoms with Crippen LogP contribution in [0.3, 0.4) is 0 Å². The van der Waals surface area contributed by atoms with Gasteiger partial charge in [-0.15, -0.1) is 11.6 Å². The van der Waals surface area contributed by atoms with E-state index in [-0.39, 0.29) is 23.3 Å². The molecule has 0 aliphatic heterocycles. The van der Waals surface area contributed by atoms with Crippen molar-refractivity contribution >= 4 is 61.0 Å². The van der Waals surface area contributed by atoms with Crippen LogP contribution in [-0.4, -0.2) is 24.9 Å². The molecule has 1 aromatic carbocycles. The normalized spacial score (nSPS) is 11.8. The number of hydrogen-bond donors (Lipinski definition) is 1. The van der Waals surface area contributed by atoms with Gasteiger partial charge >= 0.3 is 5.97 Å². The van der Waals surface area contributed by atoms with Gasteiger partial charge in [-0.25, -0.2) is 4.79 Å². The van der Waals surface area contributed by atoms with E-state index in [9.17, 15) is 9.59 Å². The molecule has 1 N–H and O–H groups in total. The molecule has 0 saturated heterocycles. The Hall–Kier alpha value is -0.590. The molecule has 4 nitrogen and oxygen atoms in total. The number of carbonyl (C=O) groups excluding carboxylic acids is 2. The number of anilines is 1. The smallest absolute Gasteiger partial charge is 0.340 e. The van der Waals surface area contributed by atoms with Crippen LogP contribution in [0.4, 0.5) is 5.69 Å². The van der Waals surface area contributed by atoms with Crippen LogP contribution in [-0.2, 0) is 9.53 Å². The summed E-state index contributed by atoms with van der Waals surface area (Å²) < 4.78 is 5.98. The van der Waals surface area contributed by atoms with Gasteiger partial charge in [-0.1, -0.05) is 22.9 Å². The molecule has 1 amide bonds. The first-order chi connectivity index (χ1) is 8.90. The fraction of sp³-hybridized carbons (Fsp3) is 0.333. The minimum absolute atomic E-state index is 0.202. The molecule has 0 saturated carbocycles. The highest BCUT2D eigenvalue weighted by Gasteiger charge is 2.20. The molecule has 0 radical (unpaired) electrons. The molecule has 0 fully saturated rings. The first kappa shape index (κ1) is 16.5. The maximum atomic E-state index is 11.9. The largest absolute Gasteiger partial charge is 0.465 e. The Kier molecular flexibility index (Phi) is 6.29. The standard InChI is InChI=1S/C12H12Br2ClNO3/c1-6(5-15)11(17)16-10-8(12(18)19-2)3-7(13)4-9(10)14/h3-4,6H,5H2,1-2H3,(H,16,17). The lowest BCUT2D eigenvalue weighted by molar-refractivity contribution is -0.118. The van der Waals surface area contributed by atoms with Gasteiger partial charge < -0.3 is 10.1 Å². The molecule has 0 heterocycles. The molecule has 1 aromatic rings. The van der Waals surface area contributed by atoms with Crippen LogP contribution in [0, 0.1) is 5.92 Å². The summed E-state index contributed by atoms with van der Waals surface area (Å²) >= 11 is 12.2. The number of hydrogen-bond acceptors (Lipinski definition) is 3. The van der Waals surface area contributed by atoms with Crippen molar-refractivity contribution in [3.05, 3.63) is 26.6 Å². The summed E-state index contributed by atoms with van der Waals surface area (Å²) in [5.41, 5.74) is 0.635. The molecule has 0 spiro atoms. The zero-order valence-electron chi connectivity index (χ0n) is 10.3. The first-order valence-corrected chi connectivity index (χ1v) is 7.47. The van der Waals surface area contributed by atoms with Crippen LogP contribution in [0.5, 0.6) is 0 Å². The quantitative estimate of drug-likeness (QED) is 0.603. The molecule has 1 atom stereocenters. The Balaban J connectivity index is 3.18. The van der Waals surface area contributed by atoms with Gasteiger partial charge in [-0.3, -0.25) is 4.79 Å². The van der Waals surface area contributed by atoms with Crippen molar-refractivity contribution in [3.63, 3.8) is 0 Å². The maximum Gasteiger partial charge on any atom is 0.340 e. The van der Waals surface area contributed by atoms with E-state index in [1.165, 1.54) is 7.11 Å². The number of nitrogens with one attached hydrogen (secondary N) is 1. The lowest BCUT2D eigenvalue weighted by atomic mass is 10.1. The van der Waals surface area contributed by atoms with Crippen molar-refractivity contribution in [1.82, 2.24) is 0 Å². The predicted molar refractivity (Wildman–Crippen MR) is 81.7 cm³/mol. The van der Waals surface area contributed by atoms with Gasteiger partial charge in [-0.2, -0.15) is 0 Å². The number of ether oxygens (including phenoxy) is 1. The molecule has 7 heteroatoms. The second-order valence-electron chi connectivity index (χ2n) is 3.85. The molecular weight excluding hydrogens is 401 g/mol. The fourth-order valence-electron chi connectivity index (χ4n) is 1.29. The van der Waals surface area contributed by atoms with Gasteiger partial charge in [0.05, 0.1) is 18.4 Å². The number of amides is 1. The number of esters is 1. The average Bonchev–Trinajstić information content (AvgIpc) is 2.39. The van der Waals surface area contributed by atoms with Crippen LogP contribution in [0.15, 0.2) is 21.1 Å². The van der Waals surface area contributed by atoms with Gasteiger partial charge in [0.1, 0.15) is 0 Å². The zero-order chi connectivity index (χ0) is 14.6. The Morgan fingerprint density at radius 2 is 2.05 bits per heavy atom. The molecule has 19 heavy (non-hydrogen) atoms. The van der Waals surface area contributed by atoms with E-state index < -0.39 is 5.97 Å². The van der Waals surface area contributed by atoms with Crippen LogP contribution < -0.4 is 5.32 Å². The zero-order valence-corrected chi connectivity index (χ0v) is 14.2. The molecule has 0 aliphatic carbocycles. The third-order valence-electron chi connectivity index (χ3n) is 2.39. The van der Waals surface area contributed by atoms with Crippen molar-refractivity contribution in [2.75, 3.05) is 18.3 Å². The molecule has 0 aliphatic rings. The van der Waals surface area contributed by atoms with Gasteiger partial charge in [0.15, 0.2) is 0 Å². The van der Waals surface area contributed by atoms with Crippen molar-refractivity contribution in [2.24, 2.45) is 5.92 Å². The Bertz CT molecular complexity index is 508. The average molecular weight is 413 g/mol. The molecule has 104 valence electrons. The Morgan fingerprint density at radius 1 is 1.42 bits per heavy atom.